The van der Waals surface area contributed by atoms with Crippen LogP contribution in [0.1, 0.15) is 26.3 Å². The molecule has 17 heavy (non-hydrogen) atoms. The van der Waals surface area contributed by atoms with Crippen LogP contribution in [0, 0.1) is 11.8 Å². The predicted molar refractivity (Wildman–Crippen MR) is 63.5 cm³/mol. The summed E-state index contributed by atoms with van der Waals surface area (Å²) in [6.45, 7) is 5.91. The quantitative estimate of drug-likeness (QED) is 0.590. The number of aromatic nitrogens is 1. The molecular formula is C13H15NO3. The molecule has 0 N–H and O–H groups in total. The molecule has 0 saturated carbocycles. The van der Waals surface area contributed by atoms with E-state index in [2.05, 4.69) is 16.8 Å². The second-order valence-electron chi connectivity index (χ2n) is 3.55. The molecule has 90 valence electrons. The summed E-state index contributed by atoms with van der Waals surface area (Å²) in [6.07, 6.45) is 3.25. The fraction of sp³-hybridized carbons (Fsp3) is 0.385. The molecule has 0 amide bonds. The van der Waals surface area contributed by atoms with Crippen LogP contribution < -0.4 is 4.74 Å². The van der Waals surface area contributed by atoms with Crippen molar-refractivity contribution in [2.24, 2.45) is 0 Å². The van der Waals surface area contributed by atoms with Gasteiger partial charge in [0.25, 0.3) is 0 Å². The summed E-state index contributed by atoms with van der Waals surface area (Å²) in [5, 5.41) is 0. The standard InChI is InChI=1S/C13H15NO3/c1-4-16-13(15)6-5-11-7-12(9-14-8-11)17-10(2)3/h7-10H,4H2,1-3H3. The molecule has 1 heterocycles. The summed E-state index contributed by atoms with van der Waals surface area (Å²) in [4.78, 5) is 15.0. The van der Waals surface area contributed by atoms with E-state index >= 15 is 0 Å². The maximum Gasteiger partial charge on any atom is 0.384 e. The van der Waals surface area contributed by atoms with Crippen LogP contribution in [-0.2, 0) is 9.53 Å². The van der Waals surface area contributed by atoms with Crippen LogP contribution in [-0.4, -0.2) is 23.7 Å². The van der Waals surface area contributed by atoms with E-state index in [0.717, 1.165) is 0 Å². The predicted octanol–water partition coefficient (Wildman–Crippen LogP) is 1.78. The molecule has 4 nitrogen and oxygen atoms in total. The highest BCUT2D eigenvalue weighted by Gasteiger charge is 1.99. The van der Waals surface area contributed by atoms with Crippen molar-refractivity contribution in [1.29, 1.82) is 0 Å². The third-order valence-electron chi connectivity index (χ3n) is 1.67. The Bertz CT molecular complexity index is 443. The molecule has 0 atom stereocenters. The van der Waals surface area contributed by atoms with E-state index in [-0.39, 0.29) is 6.10 Å². The molecular weight excluding hydrogens is 218 g/mol. The monoisotopic (exact) mass is 233 g/mol. The average molecular weight is 233 g/mol. The molecule has 0 aliphatic heterocycles. The minimum atomic E-state index is -0.539. The first-order valence-corrected chi connectivity index (χ1v) is 5.42. The Morgan fingerprint density at radius 1 is 1.47 bits per heavy atom. The molecule has 0 fully saturated rings. The molecule has 0 saturated heterocycles. The molecule has 1 aromatic rings. The zero-order chi connectivity index (χ0) is 12.7. The largest absolute Gasteiger partial charge is 0.489 e. The molecule has 1 rings (SSSR count). The number of esters is 1. The molecule has 0 aliphatic rings. The van der Waals surface area contributed by atoms with E-state index in [1.165, 1.54) is 0 Å². The van der Waals surface area contributed by atoms with Crippen molar-refractivity contribution in [3.05, 3.63) is 24.0 Å². The maximum absolute atomic E-state index is 11.0. The SMILES string of the molecule is CCOC(=O)C#Cc1cncc(OC(C)C)c1. The Morgan fingerprint density at radius 3 is 2.88 bits per heavy atom. The van der Waals surface area contributed by atoms with Gasteiger partial charge in [0.05, 0.1) is 18.9 Å². The first-order valence-electron chi connectivity index (χ1n) is 5.42. The minimum Gasteiger partial charge on any atom is -0.489 e. The van der Waals surface area contributed by atoms with Gasteiger partial charge in [-0.25, -0.2) is 4.79 Å². The first kappa shape index (κ1) is 13.0. The Hall–Kier alpha value is -2.02. The van der Waals surface area contributed by atoms with Crippen molar-refractivity contribution in [1.82, 2.24) is 4.98 Å². The summed E-state index contributed by atoms with van der Waals surface area (Å²) < 4.78 is 10.2. The number of hydrogen-bond acceptors (Lipinski definition) is 4. The van der Waals surface area contributed by atoms with E-state index in [1.54, 1.807) is 25.4 Å². The normalized spacial score (nSPS) is 9.41. The van der Waals surface area contributed by atoms with Gasteiger partial charge >= 0.3 is 5.97 Å². The van der Waals surface area contributed by atoms with Crippen LogP contribution in [0.4, 0.5) is 0 Å². The van der Waals surface area contributed by atoms with Gasteiger partial charge in [-0.15, -0.1) is 0 Å². The fourth-order valence-electron chi connectivity index (χ4n) is 1.11. The van der Waals surface area contributed by atoms with Gasteiger partial charge in [-0.3, -0.25) is 4.98 Å². The van der Waals surface area contributed by atoms with Crippen LogP contribution >= 0.6 is 0 Å². The van der Waals surface area contributed by atoms with E-state index in [4.69, 9.17) is 9.47 Å². The molecule has 0 radical (unpaired) electrons. The van der Waals surface area contributed by atoms with Gasteiger partial charge in [-0.1, -0.05) is 5.92 Å². The Morgan fingerprint density at radius 2 is 2.24 bits per heavy atom. The molecule has 4 heteroatoms. The molecule has 0 bridgehead atoms. The van der Waals surface area contributed by atoms with Crippen LogP contribution in [0.2, 0.25) is 0 Å². The summed E-state index contributed by atoms with van der Waals surface area (Å²) in [5.74, 6) is 5.15. The van der Waals surface area contributed by atoms with Crippen molar-refractivity contribution in [2.75, 3.05) is 6.61 Å². The van der Waals surface area contributed by atoms with Gasteiger partial charge in [-0.2, -0.15) is 0 Å². The second-order valence-corrected chi connectivity index (χ2v) is 3.55. The van der Waals surface area contributed by atoms with Crippen LogP contribution in [0.15, 0.2) is 18.5 Å². The highest BCUT2D eigenvalue weighted by atomic mass is 16.5. The van der Waals surface area contributed by atoms with E-state index < -0.39 is 5.97 Å². The third-order valence-corrected chi connectivity index (χ3v) is 1.67. The minimum absolute atomic E-state index is 0.0741. The summed E-state index contributed by atoms with van der Waals surface area (Å²) in [7, 11) is 0. The highest BCUT2D eigenvalue weighted by molar-refractivity contribution is 5.89. The number of nitrogens with zero attached hydrogens (tertiary/aromatic N) is 1. The molecule has 0 spiro atoms. The van der Waals surface area contributed by atoms with Gasteiger partial charge in [0.2, 0.25) is 0 Å². The van der Waals surface area contributed by atoms with E-state index in [9.17, 15) is 4.79 Å². The average Bonchev–Trinajstić information content (AvgIpc) is 2.26. The number of carbonyl (C=O) groups is 1. The Labute approximate surface area is 101 Å². The third kappa shape index (κ3) is 5.03. The van der Waals surface area contributed by atoms with Gasteiger partial charge in [0, 0.05) is 17.7 Å². The summed E-state index contributed by atoms with van der Waals surface area (Å²) >= 11 is 0. The first-order chi connectivity index (χ1) is 8.11. The highest BCUT2D eigenvalue weighted by Crippen LogP contribution is 2.11. The molecule has 1 aromatic heterocycles. The molecule has 0 aliphatic carbocycles. The van der Waals surface area contributed by atoms with Gasteiger partial charge in [-0.05, 0) is 26.8 Å². The number of ether oxygens (including phenoxy) is 2. The van der Waals surface area contributed by atoms with Crippen molar-refractivity contribution < 1.29 is 14.3 Å². The van der Waals surface area contributed by atoms with Gasteiger partial charge in [0.15, 0.2) is 0 Å². The van der Waals surface area contributed by atoms with Gasteiger partial charge < -0.3 is 9.47 Å². The maximum atomic E-state index is 11.0. The zero-order valence-electron chi connectivity index (χ0n) is 10.2. The molecule has 0 unspecified atom stereocenters. The van der Waals surface area contributed by atoms with Crippen molar-refractivity contribution in [3.63, 3.8) is 0 Å². The summed E-state index contributed by atoms with van der Waals surface area (Å²) in [6, 6.07) is 1.74. The van der Waals surface area contributed by atoms with Crippen LogP contribution in [0.3, 0.4) is 0 Å². The lowest BCUT2D eigenvalue weighted by atomic mass is 10.3. The number of rotatable bonds is 3. The lowest BCUT2D eigenvalue weighted by molar-refractivity contribution is -0.136. The van der Waals surface area contributed by atoms with Crippen LogP contribution in [0.25, 0.3) is 0 Å². The van der Waals surface area contributed by atoms with E-state index in [0.29, 0.717) is 17.9 Å². The number of carbonyl (C=O) groups excluding carboxylic acids is 1. The lowest BCUT2D eigenvalue weighted by Crippen LogP contribution is -2.05. The topological polar surface area (TPSA) is 48.4 Å². The van der Waals surface area contributed by atoms with Crippen molar-refractivity contribution >= 4 is 5.97 Å². The zero-order valence-corrected chi connectivity index (χ0v) is 10.2. The van der Waals surface area contributed by atoms with Crippen molar-refractivity contribution in [3.8, 4) is 17.6 Å². The summed E-state index contributed by atoms with van der Waals surface area (Å²) in [5.41, 5.74) is 0.621. The van der Waals surface area contributed by atoms with Crippen molar-refractivity contribution in [2.45, 2.75) is 26.9 Å². The van der Waals surface area contributed by atoms with Crippen LogP contribution in [0.5, 0.6) is 5.75 Å². The van der Waals surface area contributed by atoms with Gasteiger partial charge in [0.1, 0.15) is 5.75 Å². The molecule has 0 aromatic carbocycles. The second kappa shape index (κ2) is 6.54. The Kier molecular flexibility index (Phi) is 5.02. The Balaban J connectivity index is 2.74. The lowest BCUT2D eigenvalue weighted by Gasteiger charge is -2.08. The number of pyridine rings is 1. The fourth-order valence-corrected chi connectivity index (χ4v) is 1.11. The van der Waals surface area contributed by atoms with E-state index in [1.807, 2.05) is 13.8 Å². The smallest absolute Gasteiger partial charge is 0.384 e. The number of hydrogen-bond donors (Lipinski definition) is 0.